The molecule has 5 heteroatoms. The molecule has 1 aromatic heterocycles. The standard InChI is InChI=1S/C21H29N3O2/c1-6-15-9-10-16(12-14(15)2)17-13-22-19(23-17)18-8-7-11-24(18)20(25)26-21(3,4)5/h9-10,12-13,18H,6-8,11H2,1-5H3,(H,22,23). The fourth-order valence-electron chi connectivity index (χ4n) is 3.50. The predicted molar refractivity (Wildman–Crippen MR) is 103 cm³/mol. The topological polar surface area (TPSA) is 58.2 Å². The molecule has 140 valence electrons. The fraction of sp³-hybridized carbons (Fsp3) is 0.524. The molecule has 1 atom stereocenters. The van der Waals surface area contributed by atoms with Gasteiger partial charge >= 0.3 is 6.09 Å². The van der Waals surface area contributed by atoms with Gasteiger partial charge in [-0.2, -0.15) is 0 Å². The highest BCUT2D eigenvalue weighted by atomic mass is 16.6. The molecule has 1 N–H and O–H groups in total. The van der Waals surface area contributed by atoms with Crippen LogP contribution >= 0.6 is 0 Å². The first-order valence-electron chi connectivity index (χ1n) is 9.43. The summed E-state index contributed by atoms with van der Waals surface area (Å²) in [6.45, 7) is 10.7. The van der Waals surface area contributed by atoms with Gasteiger partial charge in [0.1, 0.15) is 11.4 Å². The van der Waals surface area contributed by atoms with Crippen molar-refractivity contribution >= 4 is 6.09 Å². The Morgan fingerprint density at radius 2 is 2.15 bits per heavy atom. The highest BCUT2D eigenvalue weighted by Gasteiger charge is 2.34. The lowest BCUT2D eigenvalue weighted by molar-refractivity contribution is 0.0219. The van der Waals surface area contributed by atoms with Crippen molar-refractivity contribution in [2.45, 2.75) is 65.5 Å². The number of carbonyl (C=O) groups excluding carboxylic acids is 1. The number of benzene rings is 1. The van der Waals surface area contributed by atoms with Crippen molar-refractivity contribution < 1.29 is 9.53 Å². The SMILES string of the molecule is CCc1ccc(-c2cnc(C3CCCN3C(=O)OC(C)(C)C)[nH]2)cc1C. The third-order valence-corrected chi connectivity index (χ3v) is 4.83. The minimum Gasteiger partial charge on any atom is -0.444 e. The summed E-state index contributed by atoms with van der Waals surface area (Å²) in [5.74, 6) is 0.834. The summed E-state index contributed by atoms with van der Waals surface area (Å²) < 4.78 is 5.55. The Hall–Kier alpha value is -2.30. The van der Waals surface area contributed by atoms with Crippen LogP contribution in [0.4, 0.5) is 4.79 Å². The van der Waals surface area contributed by atoms with Crippen LogP contribution in [0.1, 0.15) is 63.5 Å². The van der Waals surface area contributed by atoms with E-state index in [9.17, 15) is 4.79 Å². The second-order valence-corrected chi connectivity index (χ2v) is 8.01. The monoisotopic (exact) mass is 355 g/mol. The summed E-state index contributed by atoms with van der Waals surface area (Å²) in [6.07, 6.45) is 4.50. The Bertz CT molecular complexity index is 789. The third-order valence-electron chi connectivity index (χ3n) is 4.83. The van der Waals surface area contributed by atoms with Gasteiger partial charge in [-0.05, 0) is 69.7 Å². The largest absolute Gasteiger partial charge is 0.444 e. The van der Waals surface area contributed by atoms with E-state index in [1.54, 1.807) is 4.90 Å². The van der Waals surface area contributed by atoms with Crippen molar-refractivity contribution in [3.8, 4) is 11.3 Å². The maximum Gasteiger partial charge on any atom is 0.410 e. The number of aryl methyl sites for hydroxylation is 2. The van der Waals surface area contributed by atoms with E-state index < -0.39 is 5.60 Å². The maximum absolute atomic E-state index is 12.5. The van der Waals surface area contributed by atoms with Gasteiger partial charge in [0.25, 0.3) is 0 Å². The number of hydrogen-bond acceptors (Lipinski definition) is 3. The number of carbonyl (C=O) groups is 1. The highest BCUT2D eigenvalue weighted by Crippen LogP contribution is 2.33. The van der Waals surface area contributed by atoms with Gasteiger partial charge in [-0.1, -0.05) is 19.1 Å². The molecule has 2 heterocycles. The zero-order chi connectivity index (χ0) is 18.9. The van der Waals surface area contributed by atoms with Crippen LogP contribution in [0.2, 0.25) is 0 Å². The maximum atomic E-state index is 12.5. The van der Waals surface area contributed by atoms with E-state index >= 15 is 0 Å². The van der Waals surface area contributed by atoms with E-state index in [4.69, 9.17) is 4.74 Å². The molecule has 3 rings (SSSR count). The van der Waals surface area contributed by atoms with E-state index in [-0.39, 0.29) is 12.1 Å². The zero-order valence-electron chi connectivity index (χ0n) is 16.4. The van der Waals surface area contributed by atoms with Crippen molar-refractivity contribution in [2.75, 3.05) is 6.54 Å². The first-order valence-corrected chi connectivity index (χ1v) is 9.43. The van der Waals surface area contributed by atoms with Gasteiger partial charge in [0.05, 0.1) is 17.9 Å². The molecule has 0 bridgehead atoms. The average molecular weight is 355 g/mol. The molecule has 1 saturated heterocycles. The third kappa shape index (κ3) is 3.92. The molecule has 26 heavy (non-hydrogen) atoms. The van der Waals surface area contributed by atoms with Crippen molar-refractivity contribution in [2.24, 2.45) is 0 Å². The predicted octanol–water partition coefficient (Wildman–Crippen LogP) is 5.02. The Balaban J connectivity index is 1.80. The molecule has 0 spiro atoms. The molecule has 0 saturated carbocycles. The quantitative estimate of drug-likeness (QED) is 0.841. The van der Waals surface area contributed by atoms with Crippen LogP contribution in [-0.4, -0.2) is 33.1 Å². The second-order valence-electron chi connectivity index (χ2n) is 8.01. The molecule has 1 aromatic carbocycles. The van der Waals surface area contributed by atoms with Gasteiger partial charge in [-0.25, -0.2) is 9.78 Å². The van der Waals surface area contributed by atoms with E-state index in [0.717, 1.165) is 36.3 Å². The van der Waals surface area contributed by atoms with E-state index in [1.807, 2.05) is 27.0 Å². The molecule has 1 aliphatic heterocycles. The summed E-state index contributed by atoms with van der Waals surface area (Å²) in [6, 6.07) is 6.45. The molecule has 1 amide bonds. The Morgan fingerprint density at radius 1 is 1.38 bits per heavy atom. The lowest BCUT2D eigenvalue weighted by atomic mass is 10.0. The van der Waals surface area contributed by atoms with Crippen molar-refractivity contribution in [3.05, 3.63) is 41.3 Å². The number of ether oxygens (including phenoxy) is 1. The van der Waals surface area contributed by atoms with Gasteiger partial charge in [0.15, 0.2) is 0 Å². The van der Waals surface area contributed by atoms with Gasteiger partial charge in [-0.15, -0.1) is 0 Å². The zero-order valence-corrected chi connectivity index (χ0v) is 16.4. The molecule has 5 nitrogen and oxygen atoms in total. The van der Waals surface area contributed by atoms with E-state index in [1.165, 1.54) is 11.1 Å². The number of H-pyrrole nitrogens is 1. The number of nitrogens with one attached hydrogen (secondary N) is 1. The molecule has 0 aliphatic carbocycles. The van der Waals surface area contributed by atoms with Crippen LogP contribution in [-0.2, 0) is 11.2 Å². The molecule has 1 unspecified atom stereocenters. The first kappa shape index (κ1) is 18.5. The number of nitrogens with zero attached hydrogens (tertiary/aromatic N) is 2. The first-order chi connectivity index (χ1) is 12.3. The minimum absolute atomic E-state index is 0.0467. The smallest absolute Gasteiger partial charge is 0.410 e. The lowest BCUT2D eigenvalue weighted by Gasteiger charge is -2.27. The van der Waals surface area contributed by atoms with Crippen LogP contribution in [0.15, 0.2) is 24.4 Å². The van der Waals surface area contributed by atoms with Gasteiger partial charge in [-0.3, -0.25) is 4.90 Å². The molecule has 1 aliphatic rings. The number of aromatic amines is 1. The van der Waals surface area contributed by atoms with E-state index in [0.29, 0.717) is 6.54 Å². The van der Waals surface area contributed by atoms with Crippen molar-refractivity contribution in [3.63, 3.8) is 0 Å². The summed E-state index contributed by atoms with van der Waals surface area (Å²) in [7, 11) is 0. The molecular formula is C21H29N3O2. The molecule has 2 aromatic rings. The number of imidazole rings is 1. The van der Waals surface area contributed by atoms with E-state index in [2.05, 4.69) is 42.0 Å². The van der Waals surface area contributed by atoms with Gasteiger partial charge in [0, 0.05) is 6.54 Å². The number of amides is 1. The molecular weight excluding hydrogens is 326 g/mol. The number of aromatic nitrogens is 2. The number of hydrogen-bond donors (Lipinski definition) is 1. The number of rotatable bonds is 3. The van der Waals surface area contributed by atoms with Crippen LogP contribution in [0.5, 0.6) is 0 Å². The summed E-state index contributed by atoms with van der Waals surface area (Å²) >= 11 is 0. The normalized spacial score (nSPS) is 17.6. The van der Waals surface area contributed by atoms with Crippen LogP contribution < -0.4 is 0 Å². The van der Waals surface area contributed by atoms with Crippen LogP contribution in [0, 0.1) is 6.92 Å². The van der Waals surface area contributed by atoms with Gasteiger partial charge < -0.3 is 9.72 Å². The lowest BCUT2D eigenvalue weighted by Crippen LogP contribution is -2.36. The summed E-state index contributed by atoms with van der Waals surface area (Å²) in [4.78, 5) is 22.3. The minimum atomic E-state index is -0.489. The Morgan fingerprint density at radius 3 is 2.81 bits per heavy atom. The summed E-state index contributed by atoms with van der Waals surface area (Å²) in [5, 5.41) is 0. The van der Waals surface area contributed by atoms with Crippen molar-refractivity contribution in [1.82, 2.24) is 14.9 Å². The Labute approximate surface area is 155 Å². The molecule has 0 radical (unpaired) electrons. The fourth-order valence-corrected chi connectivity index (χ4v) is 3.50. The van der Waals surface area contributed by atoms with Crippen LogP contribution in [0.25, 0.3) is 11.3 Å². The van der Waals surface area contributed by atoms with Gasteiger partial charge in [0.2, 0.25) is 0 Å². The molecule has 1 fully saturated rings. The highest BCUT2D eigenvalue weighted by molar-refractivity contribution is 5.69. The van der Waals surface area contributed by atoms with Crippen molar-refractivity contribution in [1.29, 1.82) is 0 Å². The average Bonchev–Trinajstić information content (AvgIpc) is 3.22. The second kappa shape index (κ2) is 7.14. The Kier molecular flexibility index (Phi) is 5.08. The number of likely N-dealkylation sites (tertiary alicyclic amines) is 1. The summed E-state index contributed by atoms with van der Waals surface area (Å²) in [5.41, 5.74) is 4.27. The van der Waals surface area contributed by atoms with Crippen LogP contribution in [0.3, 0.4) is 0 Å².